The van der Waals surface area contributed by atoms with Crippen molar-refractivity contribution in [3.8, 4) is 0 Å². The SMILES string of the molecule is C=CCN(C(=O)C(CCSC)NC(=O)OC(C)(C)C)C(C(=O)NC(C)C)c1cccc(C)c1C. The van der Waals surface area contributed by atoms with E-state index in [2.05, 4.69) is 17.2 Å². The van der Waals surface area contributed by atoms with Crippen molar-refractivity contribution in [2.75, 3.05) is 18.6 Å². The summed E-state index contributed by atoms with van der Waals surface area (Å²) in [7, 11) is 0. The predicted molar refractivity (Wildman–Crippen MR) is 140 cm³/mol. The summed E-state index contributed by atoms with van der Waals surface area (Å²) in [5.74, 6) is 0.0184. The summed E-state index contributed by atoms with van der Waals surface area (Å²) < 4.78 is 5.39. The molecule has 0 heterocycles. The molecule has 0 aromatic heterocycles. The van der Waals surface area contributed by atoms with Crippen LogP contribution in [0.2, 0.25) is 0 Å². The Balaban J connectivity index is 3.48. The normalized spacial score (nSPS) is 13.1. The summed E-state index contributed by atoms with van der Waals surface area (Å²) in [4.78, 5) is 41.3. The summed E-state index contributed by atoms with van der Waals surface area (Å²) in [5, 5.41) is 5.68. The fourth-order valence-corrected chi connectivity index (χ4v) is 3.96. The number of rotatable bonds is 11. The van der Waals surface area contributed by atoms with Crippen LogP contribution in [-0.4, -0.2) is 59.0 Å². The fourth-order valence-electron chi connectivity index (χ4n) is 3.49. The number of ether oxygens (including phenoxy) is 1. The number of alkyl carbamates (subject to hydrolysis) is 1. The molecule has 1 aromatic rings. The molecule has 0 saturated carbocycles. The van der Waals surface area contributed by atoms with Crippen LogP contribution in [0.5, 0.6) is 0 Å². The van der Waals surface area contributed by atoms with Gasteiger partial charge in [-0.2, -0.15) is 11.8 Å². The van der Waals surface area contributed by atoms with E-state index in [1.54, 1.807) is 38.6 Å². The first-order valence-electron chi connectivity index (χ1n) is 11.6. The fraction of sp³-hybridized carbons (Fsp3) is 0.577. The molecule has 34 heavy (non-hydrogen) atoms. The number of nitrogens with one attached hydrogen (secondary N) is 2. The molecule has 0 bridgehead atoms. The van der Waals surface area contributed by atoms with Gasteiger partial charge in [-0.25, -0.2) is 4.79 Å². The highest BCUT2D eigenvalue weighted by Crippen LogP contribution is 2.28. The monoisotopic (exact) mass is 491 g/mol. The summed E-state index contributed by atoms with van der Waals surface area (Å²) in [5.41, 5.74) is 2.01. The van der Waals surface area contributed by atoms with Gasteiger partial charge < -0.3 is 20.3 Å². The number of amides is 3. The van der Waals surface area contributed by atoms with Crippen LogP contribution in [-0.2, 0) is 14.3 Å². The van der Waals surface area contributed by atoms with Crippen LogP contribution in [0.1, 0.15) is 63.8 Å². The van der Waals surface area contributed by atoms with Crippen LogP contribution >= 0.6 is 11.8 Å². The minimum absolute atomic E-state index is 0.104. The summed E-state index contributed by atoms with van der Waals surface area (Å²) in [6, 6.07) is 3.91. The molecule has 8 heteroatoms. The molecule has 7 nitrogen and oxygen atoms in total. The lowest BCUT2D eigenvalue weighted by atomic mass is 9.94. The molecule has 0 saturated heterocycles. The Morgan fingerprint density at radius 3 is 2.35 bits per heavy atom. The van der Waals surface area contributed by atoms with E-state index < -0.39 is 23.8 Å². The third-order valence-electron chi connectivity index (χ3n) is 5.14. The zero-order chi connectivity index (χ0) is 26.1. The van der Waals surface area contributed by atoms with E-state index in [1.807, 2.05) is 52.1 Å². The molecule has 2 atom stereocenters. The lowest BCUT2D eigenvalue weighted by molar-refractivity contribution is -0.142. The van der Waals surface area contributed by atoms with Crippen molar-refractivity contribution in [1.29, 1.82) is 0 Å². The standard InChI is InChI=1S/C26H41N3O4S/c1-10-15-29(24(31)21(14-16-34-9)28-25(32)33-26(6,7)8)22(23(30)27-17(2)3)20-13-11-12-18(4)19(20)5/h10-13,17,21-22H,1,14-16H2,2-9H3,(H,27,30)(H,28,32). The van der Waals surface area contributed by atoms with E-state index in [1.165, 1.54) is 4.90 Å². The number of thioether (sulfide) groups is 1. The second-order valence-corrected chi connectivity index (χ2v) is 10.6. The maximum atomic E-state index is 13.9. The zero-order valence-electron chi connectivity index (χ0n) is 21.9. The number of nitrogens with zero attached hydrogens (tertiary/aromatic N) is 1. The van der Waals surface area contributed by atoms with Crippen molar-refractivity contribution < 1.29 is 19.1 Å². The molecule has 2 unspecified atom stereocenters. The van der Waals surface area contributed by atoms with E-state index in [-0.39, 0.29) is 24.4 Å². The molecule has 3 amide bonds. The number of benzene rings is 1. The first kappa shape index (κ1) is 29.6. The van der Waals surface area contributed by atoms with Gasteiger partial charge in [-0.1, -0.05) is 24.3 Å². The van der Waals surface area contributed by atoms with Crippen molar-refractivity contribution in [3.05, 3.63) is 47.5 Å². The Bertz CT molecular complexity index is 864. The lowest BCUT2D eigenvalue weighted by Crippen LogP contribution is -2.53. The Morgan fingerprint density at radius 2 is 1.82 bits per heavy atom. The van der Waals surface area contributed by atoms with Gasteiger partial charge in [0.1, 0.15) is 17.7 Å². The number of hydrogen-bond donors (Lipinski definition) is 2. The highest BCUT2D eigenvalue weighted by Gasteiger charge is 2.36. The van der Waals surface area contributed by atoms with Gasteiger partial charge in [-0.3, -0.25) is 9.59 Å². The molecule has 0 fully saturated rings. The molecule has 190 valence electrons. The largest absolute Gasteiger partial charge is 0.444 e. The van der Waals surface area contributed by atoms with Crippen LogP contribution in [0, 0.1) is 13.8 Å². The average Bonchev–Trinajstić information content (AvgIpc) is 2.71. The van der Waals surface area contributed by atoms with E-state index in [9.17, 15) is 14.4 Å². The van der Waals surface area contributed by atoms with Gasteiger partial charge in [0, 0.05) is 12.6 Å². The number of hydrogen-bond acceptors (Lipinski definition) is 5. The quantitative estimate of drug-likeness (QED) is 0.444. The minimum atomic E-state index is -0.870. The van der Waals surface area contributed by atoms with Crippen LogP contribution in [0.15, 0.2) is 30.9 Å². The molecule has 0 aliphatic rings. The smallest absolute Gasteiger partial charge is 0.408 e. The van der Waals surface area contributed by atoms with Gasteiger partial charge >= 0.3 is 6.09 Å². The highest BCUT2D eigenvalue weighted by atomic mass is 32.2. The highest BCUT2D eigenvalue weighted by molar-refractivity contribution is 7.98. The lowest BCUT2D eigenvalue weighted by Gasteiger charge is -2.35. The van der Waals surface area contributed by atoms with E-state index >= 15 is 0 Å². The van der Waals surface area contributed by atoms with Crippen LogP contribution in [0.4, 0.5) is 4.79 Å². The maximum absolute atomic E-state index is 13.9. The van der Waals surface area contributed by atoms with Crippen LogP contribution < -0.4 is 10.6 Å². The Hall–Kier alpha value is -2.48. The summed E-state index contributed by atoms with van der Waals surface area (Å²) >= 11 is 1.57. The second-order valence-electron chi connectivity index (χ2n) is 9.61. The maximum Gasteiger partial charge on any atom is 0.408 e. The van der Waals surface area contributed by atoms with E-state index in [0.717, 1.165) is 16.7 Å². The van der Waals surface area contributed by atoms with Crippen molar-refractivity contribution in [1.82, 2.24) is 15.5 Å². The molecule has 0 radical (unpaired) electrons. The molecular weight excluding hydrogens is 450 g/mol. The number of carbonyl (C=O) groups excluding carboxylic acids is 3. The molecule has 0 aliphatic heterocycles. The molecule has 0 spiro atoms. The predicted octanol–water partition coefficient (Wildman–Crippen LogP) is 4.53. The topological polar surface area (TPSA) is 87.7 Å². The molecular formula is C26H41N3O4S. The van der Waals surface area contributed by atoms with Gasteiger partial charge in [-0.05, 0) is 83.6 Å². The molecule has 2 N–H and O–H groups in total. The summed E-state index contributed by atoms with van der Waals surface area (Å²) in [6.07, 6.45) is 3.27. The van der Waals surface area contributed by atoms with Gasteiger partial charge in [0.15, 0.2) is 0 Å². The third-order valence-corrected chi connectivity index (χ3v) is 5.78. The van der Waals surface area contributed by atoms with Crippen molar-refractivity contribution >= 4 is 29.7 Å². The van der Waals surface area contributed by atoms with Gasteiger partial charge in [0.25, 0.3) is 0 Å². The van der Waals surface area contributed by atoms with Crippen molar-refractivity contribution in [3.63, 3.8) is 0 Å². The first-order valence-corrected chi connectivity index (χ1v) is 13.0. The molecule has 0 aliphatic carbocycles. The average molecular weight is 492 g/mol. The Kier molecular flexibility index (Phi) is 11.7. The zero-order valence-corrected chi connectivity index (χ0v) is 22.7. The minimum Gasteiger partial charge on any atom is -0.444 e. The number of aryl methyl sites for hydroxylation is 1. The first-order chi connectivity index (χ1) is 15.8. The number of carbonyl (C=O) groups is 3. The van der Waals surface area contributed by atoms with Crippen molar-refractivity contribution in [2.45, 2.75) is 78.6 Å². The Labute approximate surface area is 209 Å². The Morgan fingerprint density at radius 1 is 1.18 bits per heavy atom. The summed E-state index contributed by atoms with van der Waals surface area (Å²) in [6.45, 7) is 16.9. The van der Waals surface area contributed by atoms with E-state index in [0.29, 0.717) is 12.2 Å². The van der Waals surface area contributed by atoms with Crippen LogP contribution in [0.3, 0.4) is 0 Å². The third kappa shape index (κ3) is 9.05. The second kappa shape index (κ2) is 13.4. The molecule has 1 rings (SSSR count). The van der Waals surface area contributed by atoms with Gasteiger partial charge in [0.2, 0.25) is 11.8 Å². The van der Waals surface area contributed by atoms with Crippen LogP contribution in [0.25, 0.3) is 0 Å². The van der Waals surface area contributed by atoms with Gasteiger partial charge in [0.05, 0.1) is 0 Å². The van der Waals surface area contributed by atoms with E-state index in [4.69, 9.17) is 4.74 Å². The van der Waals surface area contributed by atoms with Crippen molar-refractivity contribution in [2.24, 2.45) is 0 Å². The van der Waals surface area contributed by atoms with Gasteiger partial charge in [-0.15, -0.1) is 6.58 Å². The molecule has 1 aromatic carbocycles.